The highest BCUT2D eigenvalue weighted by atomic mass is 16.5. The van der Waals surface area contributed by atoms with Crippen LogP contribution in [0.15, 0.2) is 48.5 Å². The minimum atomic E-state index is -0.992. The van der Waals surface area contributed by atoms with Crippen LogP contribution < -0.4 is 15.4 Å². The summed E-state index contributed by atoms with van der Waals surface area (Å²) in [5.74, 6) is 3.31. The van der Waals surface area contributed by atoms with Gasteiger partial charge in [0.15, 0.2) is 0 Å². The molecule has 2 aliphatic heterocycles. The Kier molecular flexibility index (Phi) is 9.15. The van der Waals surface area contributed by atoms with E-state index in [1.165, 1.54) is 0 Å². The Labute approximate surface area is 247 Å². The Balaban J connectivity index is 1.18. The predicted molar refractivity (Wildman–Crippen MR) is 159 cm³/mol. The molecule has 2 heterocycles. The van der Waals surface area contributed by atoms with Crippen LogP contribution in [-0.2, 0) is 16.1 Å². The van der Waals surface area contributed by atoms with Gasteiger partial charge in [0, 0.05) is 32.2 Å². The van der Waals surface area contributed by atoms with Crippen LogP contribution in [0.4, 0.5) is 0 Å². The number of terminal acetylenes is 1. The lowest BCUT2D eigenvalue weighted by atomic mass is 9.78. The van der Waals surface area contributed by atoms with E-state index in [4.69, 9.17) is 11.2 Å². The predicted octanol–water partition coefficient (Wildman–Crippen LogP) is 3.07. The number of rotatable bonds is 8. The van der Waals surface area contributed by atoms with Crippen LogP contribution in [0, 0.1) is 18.3 Å². The van der Waals surface area contributed by atoms with Gasteiger partial charge >= 0.3 is 0 Å². The van der Waals surface area contributed by atoms with Crippen molar-refractivity contribution in [3.8, 4) is 23.8 Å². The van der Waals surface area contributed by atoms with Gasteiger partial charge in [-0.15, -0.1) is 6.42 Å². The zero-order valence-corrected chi connectivity index (χ0v) is 24.2. The third-order valence-corrected chi connectivity index (χ3v) is 9.07. The molecular weight excluding hydrogens is 532 g/mol. The molecule has 2 saturated heterocycles. The Morgan fingerprint density at radius 2 is 1.69 bits per heavy atom. The highest BCUT2D eigenvalue weighted by molar-refractivity contribution is 6.00. The maximum Gasteiger partial charge on any atom is 0.251 e. The number of hydrogen-bond donors (Lipinski definition) is 3. The summed E-state index contributed by atoms with van der Waals surface area (Å²) in [5, 5.41) is 16.6. The monoisotopic (exact) mass is 572 g/mol. The van der Waals surface area contributed by atoms with Crippen LogP contribution in [0.1, 0.15) is 60.9 Å². The number of piperazine rings is 1. The summed E-state index contributed by atoms with van der Waals surface area (Å²) in [4.78, 5) is 42.8. The molecule has 42 heavy (non-hydrogen) atoms. The number of ether oxygens (including phenoxy) is 1. The lowest BCUT2D eigenvalue weighted by Crippen LogP contribution is -2.75. The first kappa shape index (κ1) is 29.6. The fourth-order valence-electron chi connectivity index (χ4n) is 6.59. The molecule has 0 unspecified atom stereocenters. The third kappa shape index (κ3) is 6.15. The lowest BCUT2D eigenvalue weighted by Gasteiger charge is -2.52. The highest BCUT2D eigenvalue weighted by Gasteiger charge is 2.55. The molecule has 1 spiro atoms. The van der Waals surface area contributed by atoms with Crippen molar-refractivity contribution in [1.82, 2.24) is 20.4 Å². The quantitative estimate of drug-likeness (QED) is 0.420. The first-order chi connectivity index (χ1) is 20.3. The van der Waals surface area contributed by atoms with Crippen LogP contribution >= 0.6 is 0 Å². The Morgan fingerprint density at radius 3 is 2.29 bits per heavy atom. The first-order valence-electron chi connectivity index (χ1n) is 14.9. The number of nitrogens with one attached hydrogen (secondary N) is 2. The van der Waals surface area contributed by atoms with Gasteiger partial charge in [-0.3, -0.25) is 19.3 Å². The minimum Gasteiger partial charge on any atom is -0.457 e. The Hall–Kier alpha value is -3.87. The fraction of sp³-hybridized carbons (Fsp3) is 0.485. The van der Waals surface area contributed by atoms with Gasteiger partial charge < -0.3 is 25.4 Å². The van der Waals surface area contributed by atoms with Gasteiger partial charge in [0.2, 0.25) is 11.8 Å². The van der Waals surface area contributed by atoms with E-state index in [1.54, 1.807) is 36.2 Å². The molecule has 3 fully saturated rings. The molecule has 0 bridgehead atoms. The molecule has 0 radical (unpaired) electrons. The smallest absolute Gasteiger partial charge is 0.251 e. The molecular formula is C33H40N4O5. The molecule has 1 aliphatic carbocycles. The topological polar surface area (TPSA) is 111 Å². The number of nitrogens with zero attached hydrogens (tertiary/aromatic N) is 2. The van der Waals surface area contributed by atoms with Crippen LogP contribution in [0.3, 0.4) is 0 Å². The molecule has 3 N–H and O–H groups in total. The van der Waals surface area contributed by atoms with Gasteiger partial charge in [0.25, 0.3) is 5.91 Å². The second-order valence-electron chi connectivity index (χ2n) is 11.6. The van der Waals surface area contributed by atoms with E-state index < -0.39 is 17.7 Å². The molecule has 9 nitrogen and oxygen atoms in total. The van der Waals surface area contributed by atoms with Crippen LogP contribution in [0.25, 0.3) is 0 Å². The van der Waals surface area contributed by atoms with Crippen molar-refractivity contribution in [1.29, 1.82) is 0 Å². The molecule has 5 rings (SSSR count). The number of carbonyl (C=O) groups is 3. The summed E-state index contributed by atoms with van der Waals surface area (Å²) in [7, 11) is 1.59. The standard InChI is InChI=1S/C33H40N4O5/c1-3-19-37-31(40)28(29(38)24-7-5-4-6-8-24)35-32(41)33(37)17-20-36(21-18-33)22-23-9-13-26(14-10-23)42-27-15-11-25(12-16-27)30(39)34-2/h1,9-16,24,28-29,38H,4-8,17-22H2,2H3,(H,34,39)(H,35,41)/t28-,29-/m1/s1. The number of aliphatic hydroxyl groups excluding tert-OH is 1. The van der Waals surface area contributed by atoms with Crippen molar-refractivity contribution in [2.45, 2.75) is 69.2 Å². The number of benzene rings is 2. The van der Waals surface area contributed by atoms with E-state index in [2.05, 4.69) is 21.5 Å². The number of hydrogen-bond acceptors (Lipinski definition) is 6. The number of carbonyl (C=O) groups excluding carboxylic acids is 3. The largest absolute Gasteiger partial charge is 0.457 e. The van der Waals surface area contributed by atoms with Crippen molar-refractivity contribution in [3.05, 3.63) is 59.7 Å². The number of amides is 3. The normalized spacial score (nSPS) is 21.8. The summed E-state index contributed by atoms with van der Waals surface area (Å²) in [6.45, 7) is 2.02. The number of aliphatic hydroxyl groups is 1. The summed E-state index contributed by atoms with van der Waals surface area (Å²) in [5.41, 5.74) is 0.680. The molecule has 2 aromatic rings. The van der Waals surface area contributed by atoms with Crippen LogP contribution in [0.5, 0.6) is 11.5 Å². The van der Waals surface area contributed by atoms with E-state index in [1.807, 2.05) is 24.3 Å². The zero-order chi connectivity index (χ0) is 29.7. The molecule has 2 atom stereocenters. The van der Waals surface area contributed by atoms with Gasteiger partial charge in [0.1, 0.15) is 23.1 Å². The fourth-order valence-corrected chi connectivity index (χ4v) is 6.59. The average Bonchev–Trinajstić information content (AvgIpc) is 3.03. The van der Waals surface area contributed by atoms with Crippen molar-refractivity contribution < 1.29 is 24.2 Å². The SMILES string of the molecule is C#CCN1C(=O)[C@@H]([C@H](O)C2CCCCC2)NC(=O)C12CCN(Cc1ccc(Oc3ccc(C(=O)NC)cc3)cc1)CC2. The van der Waals surface area contributed by atoms with Crippen molar-refractivity contribution in [2.75, 3.05) is 26.7 Å². The van der Waals surface area contributed by atoms with Gasteiger partial charge in [-0.05, 0) is 73.6 Å². The van der Waals surface area contributed by atoms with Gasteiger partial charge in [-0.2, -0.15) is 0 Å². The minimum absolute atomic E-state index is 0.0166. The Bertz CT molecular complexity index is 1310. The van der Waals surface area contributed by atoms with E-state index in [9.17, 15) is 19.5 Å². The molecule has 2 aromatic carbocycles. The van der Waals surface area contributed by atoms with Crippen LogP contribution in [-0.4, -0.2) is 77.0 Å². The van der Waals surface area contributed by atoms with Crippen molar-refractivity contribution >= 4 is 17.7 Å². The second-order valence-corrected chi connectivity index (χ2v) is 11.6. The Morgan fingerprint density at radius 1 is 1.07 bits per heavy atom. The summed E-state index contributed by atoms with van der Waals surface area (Å²) >= 11 is 0. The second kappa shape index (κ2) is 13.0. The third-order valence-electron chi connectivity index (χ3n) is 9.07. The van der Waals surface area contributed by atoms with E-state index in [0.29, 0.717) is 49.5 Å². The van der Waals surface area contributed by atoms with E-state index >= 15 is 0 Å². The number of likely N-dealkylation sites (tertiary alicyclic amines) is 1. The van der Waals surface area contributed by atoms with Gasteiger partial charge in [-0.1, -0.05) is 37.3 Å². The first-order valence-corrected chi connectivity index (χ1v) is 14.9. The molecule has 3 aliphatic rings. The number of piperidine rings is 1. The summed E-state index contributed by atoms with van der Waals surface area (Å²) in [6, 6.07) is 13.9. The molecule has 1 saturated carbocycles. The molecule has 0 aromatic heterocycles. The molecule has 9 heteroatoms. The average molecular weight is 573 g/mol. The van der Waals surface area contributed by atoms with Gasteiger partial charge in [-0.25, -0.2) is 0 Å². The summed E-state index contributed by atoms with van der Waals surface area (Å²) < 4.78 is 5.93. The van der Waals surface area contributed by atoms with E-state index in [-0.39, 0.29) is 30.2 Å². The van der Waals surface area contributed by atoms with E-state index in [0.717, 1.165) is 37.7 Å². The maximum atomic E-state index is 13.6. The lowest BCUT2D eigenvalue weighted by molar-refractivity contribution is -0.164. The maximum absolute atomic E-state index is 13.6. The van der Waals surface area contributed by atoms with Crippen molar-refractivity contribution in [2.24, 2.45) is 5.92 Å². The highest BCUT2D eigenvalue weighted by Crippen LogP contribution is 2.36. The van der Waals surface area contributed by atoms with Gasteiger partial charge in [0.05, 0.1) is 12.6 Å². The zero-order valence-electron chi connectivity index (χ0n) is 24.2. The molecule has 222 valence electrons. The summed E-state index contributed by atoms with van der Waals surface area (Å²) in [6.07, 6.45) is 10.7. The van der Waals surface area contributed by atoms with Crippen LogP contribution in [0.2, 0.25) is 0 Å². The van der Waals surface area contributed by atoms with Crippen molar-refractivity contribution in [3.63, 3.8) is 0 Å². The molecule has 3 amide bonds.